The van der Waals surface area contributed by atoms with Gasteiger partial charge in [0.1, 0.15) is 11.5 Å². The van der Waals surface area contributed by atoms with Crippen LogP contribution in [0.1, 0.15) is 40.2 Å². The molecule has 5 heteroatoms. The number of hydrogen-bond acceptors (Lipinski definition) is 4. The van der Waals surface area contributed by atoms with Crippen LogP contribution >= 0.6 is 0 Å². The van der Waals surface area contributed by atoms with Crippen LogP contribution in [0, 0.1) is 13.8 Å². The predicted molar refractivity (Wildman–Crippen MR) is 68.8 cm³/mol. The first-order valence-corrected chi connectivity index (χ1v) is 6.14. The monoisotopic (exact) mass is 263 g/mol. The van der Waals surface area contributed by atoms with Gasteiger partial charge in [-0.3, -0.25) is 4.79 Å². The molecule has 0 aromatic carbocycles. The Labute approximate surface area is 111 Å². The quantitative estimate of drug-likeness (QED) is 0.868. The second-order valence-electron chi connectivity index (χ2n) is 4.41. The number of carbonyl (C=O) groups excluding carboxylic acids is 1. The predicted octanol–water partition coefficient (Wildman–Crippen LogP) is 2.34. The van der Waals surface area contributed by atoms with Crippen molar-refractivity contribution in [3.8, 4) is 0 Å². The zero-order valence-corrected chi connectivity index (χ0v) is 11.0. The van der Waals surface area contributed by atoms with E-state index in [0.29, 0.717) is 18.7 Å². The molecule has 2 aromatic heterocycles. The average molecular weight is 263 g/mol. The highest BCUT2D eigenvalue weighted by Gasteiger charge is 2.15. The molecular formula is C14H17NO4. The maximum Gasteiger partial charge on any atom is 0.286 e. The Morgan fingerprint density at radius 3 is 2.84 bits per heavy atom. The molecule has 2 aromatic rings. The van der Waals surface area contributed by atoms with E-state index >= 15 is 0 Å². The van der Waals surface area contributed by atoms with E-state index in [4.69, 9.17) is 8.83 Å². The number of nitrogens with one attached hydrogen (secondary N) is 1. The van der Waals surface area contributed by atoms with E-state index in [1.54, 1.807) is 12.1 Å². The van der Waals surface area contributed by atoms with Crippen LogP contribution in [0.4, 0.5) is 0 Å². The fourth-order valence-corrected chi connectivity index (χ4v) is 1.95. The van der Waals surface area contributed by atoms with Gasteiger partial charge in [0.25, 0.3) is 5.91 Å². The van der Waals surface area contributed by atoms with Crippen LogP contribution in [-0.4, -0.2) is 17.6 Å². The minimum atomic E-state index is -0.644. The van der Waals surface area contributed by atoms with E-state index in [2.05, 4.69) is 5.32 Å². The second-order valence-corrected chi connectivity index (χ2v) is 4.41. The van der Waals surface area contributed by atoms with Crippen molar-refractivity contribution in [2.45, 2.75) is 26.4 Å². The van der Waals surface area contributed by atoms with E-state index in [1.807, 2.05) is 19.9 Å². The maximum absolute atomic E-state index is 11.6. The van der Waals surface area contributed by atoms with Gasteiger partial charge in [0.05, 0.1) is 12.4 Å². The summed E-state index contributed by atoms with van der Waals surface area (Å²) < 4.78 is 10.3. The van der Waals surface area contributed by atoms with Gasteiger partial charge >= 0.3 is 0 Å². The van der Waals surface area contributed by atoms with Crippen molar-refractivity contribution < 1.29 is 18.7 Å². The number of carbonyl (C=O) groups is 1. The fraction of sp³-hybridized carbons (Fsp3) is 0.357. The van der Waals surface area contributed by atoms with Gasteiger partial charge in [-0.1, -0.05) is 0 Å². The Bertz CT molecular complexity index is 542. The molecule has 1 atom stereocenters. The van der Waals surface area contributed by atoms with Crippen LogP contribution in [-0.2, 0) is 0 Å². The van der Waals surface area contributed by atoms with Crippen molar-refractivity contribution in [1.29, 1.82) is 0 Å². The summed E-state index contributed by atoms with van der Waals surface area (Å²) in [4.78, 5) is 11.6. The Morgan fingerprint density at radius 1 is 1.47 bits per heavy atom. The van der Waals surface area contributed by atoms with Gasteiger partial charge in [-0.2, -0.15) is 0 Å². The minimum absolute atomic E-state index is 0.268. The summed E-state index contributed by atoms with van der Waals surface area (Å²) >= 11 is 0. The first-order valence-electron chi connectivity index (χ1n) is 6.14. The summed E-state index contributed by atoms with van der Waals surface area (Å²) in [5.41, 5.74) is 0.768. The lowest BCUT2D eigenvalue weighted by Crippen LogP contribution is -2.25. The molecule has 1 amide bonds. The average Bonchev–Trinajstić information content (AvgIpc) is 2.98. The largest absolute Gasteiger partial charge is 0.466 e. The molecule has 2 N–H and O–H groups in total. The summed E-state index contributed by atoms with van der Waals surface area (Å²) in [5.74, 6) is 1.47. The Balaban J connectivity index is 1.83. The second kappa shape index (κ2) is 5.75. The third-order valence-electron chi connectivity index (χ3n) is 2.89. The number of aryl methyl sites for hydroxylation is 2. The van der Waals surface area contributed by atoms with Crippen molar-refractivity contribution in [3.63, 3.8) is 0 Å². The SMILES string of the molecule is Cc1cc([C@@H](O)CCNC(=O)c2ccco2)c(C)o1. The Hall–Kier alpha value is -2.01. The van der Waals surface area contributed by atoms with E-state index in [0.717, 1.165) is 11.3 Å². The van der Waals surface area contributed by atoms with Gasteiger partial charge in [-0.05, 0) is 38.5 Å². The van der Waals surface area contributed by atoms with Gasteiger partial charge in [-0.25, -0.2) is 0 Å². The van der Waals surface area contributed by atoms with Gasteiger partial charge in [0, 0.05) is 12.1 Å². The molecule has 0 saturated carbocycles. The molecule has 5 nitrogen and oxygen atoms in total. The van der Waals surface area contributed by atoms with Crippen molar-refractivity contribution >= 4 is 5.91 Å². The van der Waals surface area contributed by atoms with Gasteiger partial charge in [0.2, 0.25) is 0 Å². The van der Waals surface area contributed by atoms with Crippen molar-refractivity contribution in [2.24, 2.45) is 0 Å². The normalized spacial score (nSPS) is 12.4. The van der Waals surface area contributed by atoms with Gasteiger partial charge in [-0.15, -0.1) is 0 Å². The van der Waals surface area contributed by atoms with Gasteiger partial charge < -0.3 is 19.3 Å². The molecule has 102 valence electrons. The van der Waals surface area contributed by atoms with Crippen LogP contribution in [0.5, 0.6) is 0 Å². The molecule has 0 aliphatic rings. The molecule has 0 saturated heterocycles. The minimum Gasteiger partial charge on any atom is -0.466 e. The van der Waals surface area contributed by atoms with Crippen molar-refractivity contribution in [2.75, 3.05) is 6.54 Å². The highest BCUT2D eigenvalue weighted by molar-refractivity contribution is 5.91. The van der Waals surface area contributed by atoms with Crippen molar-refractivity contribution in [3.05, 3.63) is 47.3 Å². The van der Waals surface area contributed by atoms with E-state index in [9.17, 15) is 9.90 Å². The van der Waals surface area contributed by atoms with Crippen LogP contribution < -0.4 is 5.32 Å². The summed E-state index contributed by atoms with van der Waals surface area (Å²) in [7, 11) is 0. The van der Waals surface area contributed by atoms with Gasteiger partial charge in [0.15, 0.2) is 5.76 Å². The smallest absolute Gasteiger partial charge is 0.286 e. The molecular weight excluding hydrogens is 246 g/mol. The van der Waals surface area contributed by atoms with E-state index < -0.39 is 6.10 Å². The molecule has 0 bridgehead atoms. The Morgan fingerprint density at radius 2 is 2.26 bits per heavy atom. The molecule has 2 rings (SSSR count). The first kappa shape index (κ1) is 13.4. The highest BCUT2D eigenvalue weighted by Crippen LogP contribution is 2.23. The summed E-state index contributed by atoms with van der Waals surface area (Å²) in [6.45, 7) is 4.01. The maximum atomic E-state index is 11.6. The van der Waals surface area contributed by atoms with Crippen LogP contribution in [0.3, 0.4) is 0 Å². The lowest BCUT2D eigenvalue weighted by Gasteiger charge is -2.09. The van der Waals surface area contributed by atoms with Crippen LogP contribution in [0.2, 0.25) is 0 Å². The molecule has 0 spiro atoms. The zero-order valence-electron chi connectivity index (χ0n) is 11.0. The standard InChI is InChI=1S/C14H17NO4/c1-9-8-11(10(2)19-9)12(16)5-6-15-14(17)13-4-3-7-18-13/h3-4,7-8,12,16H,5-6H2,1-2H3,(H,15,17)/t12-/m0/s1. The third-order valence-corrected chi connectivity index (χ3v) is 2.89. The molecule has 19 heavy (non-hydrogen) atoms. The third kappa shape index (κ3) is 3.26. The summed E-state index contributed by atoms with van der Waals surface area (Å²) in [6.07, 6.45) is 1.22. The molecule has 0 aliphatic heterocycles. The molecule has 0 radical (unpaired) electrons. The number of furan rings is 2. The lowest BCUT2D eigenvalue weighted by atomic mass is 10.1. The summed E-state index contributed by atoms with van der Waals surface area (Å²) in [5, 5.41) is 12.7. The molecule has 0 unspecified atom stereocenters. The number of aliphatic hydroxyl groups is 1. The lowest BCUT2D eigenvalue weighted by molar-refractivity contribution is 0.0915. The van der Waals surface area contributed by atoms with Crippen LogP contribution in [0.15, 0.2) is 33.3 Å². The zero-order chi connectivity index (χ0) is 13.8. The Kier molecular flexibility index (Phi) is 4.06. The summed E-state index contributed by atoms with van der Waals surface area (Å²) in [6, 6.07) is 5.06. The number of rotatable bonds is 5. The van der Waals surface area contributed by atoms with Crippen LogP contribution in [0.25, 0.3) is 0 Å². The number of hydrogen-bond donors (Lipinski definition) is 2. The topological polar surface area (TPSA) is 75.6 Å². The molecule has 0 fully saturated rings. The fourth-order valence-electron chi connectivity index (χ4n) is 1.95. The first-order chi connectivity index (χ1) is 9.08. The van der Waals surface area contributed by atoms with E-state index in [1.165, 1.54) is 6.26 Å². The van der Waals surface area contributed by atoms with E-state index in [-0.39, 0.29) is 11.7 Å². The highest BCUT2D eigenvalue weighted by atomic mass is 16.3. The van der Waals surface area contributed by atoms with Crippen molar-refractivity contribution in [1.82, 2.24) is 5.32 Å². The number of aliphatic hydroxyl groups excluding tert-OH is 1. The molecule has 2 heterocycles. The number of amides is 1. The molecule has 0 aliphatic carbocycles.